The topological polar surface area (TPSA) is 63.5 Å². The van der Waals surface area contributed by atoms with Crippen molar-refractivity contribution in [1.82, 2.24) is 20.2 Å². The fourth-order valence-electron chi connectivity index (χ4n) is 2.89. The molecule has 27 heavy (non-hydrogen) atoms. The Morgan fingerprint density at radius 3 is 2.70 bits per heavy atom. The molecule has 3 rings (SSSR count). The van der Waals surface area contributed by atoms with Crippen LogP contribution in [0.2, 0.25) is 0 Å². The van der Waals surface area contributed by atoms with Crippen molar-refractivity contribution in [2.75, 3.05) is 20.2 Å². The van der Waals surface area contributed by atoms with Crippen molar-refractivity contribution >= 4 is 17.0 Å². The van der Waals surface area contributed by atoms with Gasteiger partial charge in [-0.2, -0.15) is 0 Å². The summed E-state index contributed by atoms with van der Waals surface area (Å²) in [6, 6.07) is 16.2. The Morgan fingerprint density at radius 1 is 1.11 bits per heavy atom. The highest BCUT2D eigenvalue weighted by Gasteiger charge is 2.02. The Hall–Kier alpha value is -3.02. The fraction of sp³-hybridized carbons (Fsp3) is 0.333. The van der Waals surface area contributed by atoms with E-state index in [0.717, 1.165) is 48.8 Å². The lowest BCUT2D eigenvalue weighted by molar-refractivity contribution is 0.414. The molecule has 0 unspecified atom stereocenters. The van der Waals surface area contributed by atoms with Crippen LogP contribution >= 0.6 is 0 Å². The van der Waals surface area contributed by atoms with E-state index in [1.165, 1.54) is 5.52 Å². The molecule has 1 aromatic heterocycles. The number of imidazole rings is 1. The number of para-hydroxylation sites is 2. The van der Waals surface area contributed by atoms with Gasteiger partial charge in [0.15, 0.2) is 5.96 Å². The third-order valence-electron chi connectivity index (χ3n) is 4.32. The normalized spacial score (nSPS) is 11.6. The molecule has 142 valence electrons. The first-order valence-corrected chi connectivity index (χ1v) is 9.35. The molecular formula is C21H27N5O. The van der Waals surface area contributed by atoms with E-state index in [2.05, 4.69) is 38.2 Å². The molecular weight excluding hydrogens is 338 g/mol. The monoisotopic (exact) mass is 365 g/mol. The van der Waals surface area contributed by atoms with E-state index < -0.39 is 0 Å². The average molecular weight is 365 g/mol. The highest BCUT2D eigenvalue weighted by atomic mass is 16.5. The molecule has 2 aromatic carbocycles. The number of guanidine groups is 1. The molecule has 6 heteroatoms. The van der Waals surface area contributed by atoms with Crippen LogP contribution in [0.5, 0.6) is 5.75 Å². The maximum Gasteiger partial charge on any atom is 0.191 e. The summed E-state index contributed by atoms with van der Waals surface area (Å²) < 4.78 is 7.38. The SMILES string of the molecule is CCNC(=NCc1ccc(OC)cc1)NCCCn1cnc2ccccc21. The number of rotatable bonds is 8. The minimum atomic E-state index is 0.630. The number of fused-ring (bicyclic) bond motifs is 1. The number of nitrogens with zero attached hydrogens (tertiary/aromatic N) is 3. The van der Waals surface area contributed by atoms with Gasteiger partial charge in [0.1, 0.15) is 5.75 Å². The zero-order chi connectivity index (χ0) is 18.9. The number of aromatic nitrogens is 2. The summed E-state index contributed by atoms with van der Waals surface area (Å²) in [5.74, 6) is 1.70. The third kappa shape index (κ3) is 5.23. The van der Waals surface area contributed by atoms with Crippen LogP contribution in [0.4, 0.5) is 0 Å². The molecule has 0 radical (unpaired) electrons. The van der Waals surface area contributed by atoms with Gasteiger partial charge >= 0.3 is 0 Å². The van der Waals surface area contributed by atoms with Crippen LogP contribution < -0.4 is 15.4 Å². The number of hydrogen-bond donors (Lipinski definition) is 2. The lowest BCUT2D eigenvalue weighted by Gasteiger charge is -2.12. The maximum atomic E-state index is 5.19. The summed E-state index contributed by atoms with van der Waals surface area (Å²) in [6.07, 6.45) is 2.90. The van der Waals surface area contributed by atoms with Crippen molar-refractivity contribution in [2.45, 2.75) is 26.4 Å². The number of nitrogens with one attached hydrogen (secondary N) is 2. The minimum absolute atomic E-state index is 0.630. The standard InChI is InChI=1S/C21H27N5O/c1-3-22-21(24-15-17-9-11-18(27-2)12-10-17)23-13-6-14-26-16-25-19-7-4-5-8-20(19)26/h4-5,7-12,16H,3,6,13-15H2,1-2H3,(H2,22,23,24). The summed E-state index contributed by atoms with van der Waals surface area (Å²) in [5.41, 5.74) is 3.37. The minimum Gasteiger partial charge on any atom is -0.497 e. The van der Waals surface area contributed by atoms with Gasteiger partial charge in [-0.1, -0.05) is 24.3 Å². The van der Waals surface area contributed by atoms with Crippen LogP contribution in [0.15, 0.2) is 59.9 Å². The second kappa shape index (κ2) is 9.62. The Balaban J connectivity index is 1.50. The first kappa shape index (κ1) is 18.8. The van der Waals surface area contributed by atoms with Gasteiger partial charge in [0.05, 0.1) is 31.0 Å². The van der Waals surface area contributed by atoms with Crippen LogP contribution in [0.3, 0.4) is 0 Å². The summed E-state index contributed by atoms with van der Waals surface area (Å²) in [7, 11) is 1.67. The van der Waals surface area contributed by atoms with Gasteiger partial charge in [-0.3, -0.25) is 0 Å². The van der Waals surface area contributed by atoms with E-state index in [4.69, 9.17) is 4.74 Å². The Kier molecular flexibility index (Phi) is 6.68. The second-order valence-electron chi connectivity index (χ2n) is 6.25. The van der Waals surface area contributed by atoms with Crippen LogP contribution in [-0.4, -0.2) is 35.7 Å². The number of aliphatic imine (C=N–C) groups is 1. The molecule has 1 heterocycles. The first-order chi connectivity index (χ1) is 13.3. The molecule has 0 aliphatic rings. The van der Waals surface area contributed by atoms with Crippen molar-refractivity contribution in [3.05, 3.63) is 60.4 Å². The summed E-state index contributed by atoms with van der Waals surface area (Å²) in [4.78, 5) is 9.09. The van der Waals surface area contributed by atoms with Crippen LogP contribution in [-0.2, 0) is 13.1 Å². The van der Waals surface area contributed by atoms with Crippen molar-refractivity contribution in [2.24, 2.45) is 4.99 Å². The first-order valence-electron chi connectivity index (χ1n) is 9.35. The smallest absolute Gasteiger partial charge is 0.191 e. The van der Waals surface area contributed by atoms with E-state index in [0.29, 0.717) is 6.54 Å². The predicted molar refractivity (Wildman–Crippen MR) is 110 cm³/mol. The van der Waals surface area contributed by atoms with Crippen LogP contribution in [0, 0.1) is 0 Å². The average Bonchev–Trinajstić information content (AvgIpc) is 3.13. The van der Waals surface area contributed by atoms with Gasteiger partial charge in [-0.15, -0.1) is 0 Å². The van der Waals surface area contributed by atoms with Crippen molar-refractivity contribution < 1.29 is 4.74 Å². The molecule has 0 saturated heterocycles. The number of aryl methyl sites for hydroxylation is 1. The van der Waals surface area contributed by atoms with Crippen molar-refractivity contribution in [1.29, 1.82) is 0 Å². The molecule has 0 aliphatic heterocycles. The van der Waals surface area contributed by atoms with E-state index in [-0.39, 0.29) is 0 Å². The van der Waals surface area contributed by atoms with Gasteiger partial charge < -0.3 is 19.9 Å². The number of ether oxygens (including phenoxy) is 1. The molecule has 3 aromatic rings. The molecule has 0 amide bonds. The van der Waals surface area contributed by atoms with Gasteiger partial charge in [-0.25, -0.2) is 9.98 Å². The predicted octanol–water partition coefficient (Wildman–Crippen LogP) is 3.19. The van der Waals surface area contributed by atoms with Crippen LogP contribution in [0.1, 0.15) is 18.9 Å². The maximum absolute atomic E-state index is 5.19. The molecule has 0 fully saturated rings. The Morgan fingerprint density at radius 2 is 1.93 bits per heavy atom. The molecule has 6 nitrogen and oxygen atoms in total. The lowest BCUT2D eigenvalue weighted by Crippen LogP contribution is -2.38. The number of benzene rings is 2. The zero-order valence-corrected chi connectivity index (χ0v) is 16.0. The summed E-state index contributed by atoms with van der Waals surface area (Å²) in [5, 5.41) is 6.70. The fourth-order valence-corrected chi connectivity index (χ4v) is 2.89. The van der Waals surface area contributed by atoms with E-state index in [1.54, 1.807) is 7.11 Å². The lowest BCUT2D eigenvalue weighted by atomic mass is 10.2. The van der Waals surface area contributed by atoms with E-state index in [1.807, 2.05) is 48.8 Å². The van der Waals surface area contributed by atoms with Gasteiger partial charge in [0, 0.05) is 19.6 Å². The van der Waals surface area contributed by atoms with Gasteiger partial charge in [-0.05, 0) is 43.2 Å². The van der Waals surface area contributed by atoms with Crippen molar-refractivity contribution in [3.63, 3.8) is 0 Å². The second-order valence-corrected chi connectivity index (χ2v) is 6.25. The Bertz CT molecular complexity index is 870. The highest BCUT2D eigenvalue weighted by molar-refractivity contribution is 5.79. The Labute approximate surface area is 160 Å². The highest BCUT2D eigenvalue weighted by Crippen LogP contribution is 2.12. The third-order valence-corrected chi connectivity index (χ3v) is 4.32. The van der Waals surface area contributed by atoms with E-state index >= 15 is 0 Å². The summed E-state index contributed by atoms with van der Waals surface area (Å²) in [6.45, 7) is 5.31. The van der Waals surface area contributed by atoms with Gasteiger partial charge in [0.2, 0.25) is 0 Å². The van der Waals surface area contributed by atoms with Crippen LogP contribution in [0.25, 0.3) is 11.0 Å². The van der Waals surface area contributed by atoms with Gasteiger partial charge in [0.25, 0.3) is 0 Å². The molecule has 0 saturated carbocycles. The molecule has 0 spiro atoms. The molecule has 2 N–H and O–H groups in total. The van der Waals surface area contributed by atoms with Crippen molar-refractivity contribution in [3.8, 4) is 5.75 Å². The van der Waals surface area contributed by atoms with E-state index in [9.17, 15) is 0 Å². The number of hydrogen-bond acceptors (Lipinski definition) is 3. The number of methoxy groups -OCH3 is 1. The largest absolute Gasteiger partial charge is 0.497 e. The molecule has 0 aliphatic carbocycles. The molecule has 0 atom stereocenters. The molecule has 0 bridgehead atoms. The zero-order valence-electron chi connectivity index (χ0n) is 16.0. The quantitative estimate of drug-likeness (QED) is 0.366. The summed E-state index contributed by atoms with van der Waals surface area (Å²) >= 11 is 0.